The van der Waals surface area contributed by atoms with Gasteiger partial charge in [-0.05, 0) is 12.1 Å². The minimum Gasteiger partial charge on any atom is -0.865 e. The number of halogens is 1. The second kappa shape index (κ2) is 5.82. The molecule has 2 aromatic carbocycles. The van der Waals surface area contributed by atoms with Gasteiger partial charge in [-0.2, -0.15) is 0 Å². The molecule has 0 aromatic heterocycles. The first-order chi connectivity index (χ1) is 9.49. The molecule has 102 valence electrons. The van der Waals surface area contributed by atoms with Crippen LogP contribution in [0.1, 0.15) is 0 Å². The summed E-state index contributed by atoms with van der Waals surface area (Å²) in [4.78, 5) is 20.0. The van der Waals surface area contributed by atoms with E-state index in [4.69, 9.17) is 0 Å². The van der Waals surface area contributed by atoms with Crippen molar-refractivity contribution in [1.29, 1.82) is 0 Å². The van der Waals surface area contributed by atoms with E-state index in [-0.39, 0.29) is 3.57 Å². The van der Waals surface area contributed by atoms with Crippen LogP contribution in [0.5, 0.6) is 5.75 Å². The van der Waals surface area contributed by atoms with Gasteiger partial charge in [-0.25, -0.2) is 0 Å². The fraction of sp³-hybridized carbons (Fsp3) is 0. The van der Waals surface area contributed by atoms with Crippen LogP contribution in [-0.2, 0) is 0 Å². The van der Waals surface area contributed by atoms with E-state index < -0.39 is 48.2 Å². The van der Waals surface area contributed by atoms with Gasteiger partial charge >= 0.3 is 21.2 Å². The van der Waals surface area contributed by atoms with Crippen molar-refractivity contribution in [2.24, 2.45) is 0 Å². The van der Waals surface area contributed by atoms with Crippen molar-refractivity contribution in [2.45, 2.75) is 0 Å². The number of nitro groups is 2. The number of rotatable bonds is 4. The molecule has 2 rings (SSSR count). The van der Waals surface area contributed by atoms with Crippen molar-refractivity contribution in [1.82, 2.24) is 0 Å². The number of nitrogens with zero attached hydrogens (tertiary/aromatic N) is 2. The summed E-state index contributed by atoms with van der Waals surface area (Å²) in [5.74, 6) is -0.739. The fourth-order valence-corrected chi connectivity index (χ4v) is 3.91. The number of nitro benzene ring substituents is 2. The molecule has 2 aromatic rings. The van der Waals surface area contributed by atoms with Gasteiger partial charge in [-0.1, -0.05) is 18.2 Å². The van der Waals surface area contributed by atoms with Crippen LogP contribution in [0.2, 0.25) is 0 Å². The molecule has 0 amide bonds. The van der Waals surface area contributed by atoms with Gasteiger partial charge in [-0.15, -0.1) is 0 Å². The first-order valence-corrected chi connectivity index (χ1v) is 7.48. The average molecular weight is 386 g/mol. The Kier molecular flexibility index (Phi) is 4.13. The third-order valence-corrected chi connectivity index (χ3v) is 5.08. The summed E-state index contributed by atoms with van der Waals surface area (Å²) >= 11 is -0.999. The van der Waals surface area contributed by atoms with E-state index in [9.17, 15) is 25.3 Å². The molecular formula is C12H7IN2O5. The Hall–Kier alpha value is -2.23. The lowest BCUT2D eigenvalue weighted by Gasteiger charge is -2.05. The summed E-state index contributed by atoms with van der Waals surface area (Å²) in [5, 5.41) is 33.5. The van der Waals surface area contributed by atoms with Crippen LogP contribution in [0.15, 0.2) is 42.5 Å². The number of hydrogen-bond donors (Lipinski definition) is 0. The zero-order chi connectivity index (χ0) is 14.7. The Morgan fingerprint density at radius 1 is 0.950 bits per heavy atom. The van der Waals surface area contributed by atoms with Crippen molar-refractivity contribution in [3.05, 3.63) is 69.8 Å². The van der Waals surface area contributed by atoms with E-state index in [1.807, 2.05) is 0 Å². The van der Waals surface area contributed by atoms with Crippen molar-refractivity contribution >= 4 is 11.4 Å². The van der Waals surface area contributed by atoms with Gasteiger partial charge < -0.3 is 5.11 Å². The van der Waals surface area contributed by atoms with Crippen molar-refractivity contribution in [3.63, 3.8) is 0 Å². The van der Waals surface area contributed by atoms with Crippen LogP contribution in [0.3, 0.4) is 0 Å². The molecule has 20 heavy (non-hydrogen) atoms. The largest absolute Gasteiger partial charge is 0.865 e. The lowest BCUT2D eigenvalue weighted by Crippen LogP contribution is -3.61. The van der Waals surface area contributed by atoms with E-state index >= 15 is 0 Å². The minimum atomic E-state index is -0.999. The topological polar surface area (TPSA) is 109 Å². The molecule has 0 unspecified atom stereocenters. The maximum absolute atomic E-state index is 12.0. The first kappa shape index (κ1) is 14.2. The van der Waals surface area contributed by atoms with Gasteiger partial charge in [0.1, 0.15) is 0 Å². The zero-order valence-electron chi connectivity index (χ0n) is 9.86. The Labute approximate surface area is 123 Å². The van der Waals surface area contributed by atoms with E-state index in [1.54, 1.807) is 30.3 Å². The lowest BCUT2D eigenvalue weighted by molar-refractivity contribution is -0.604. The van der Waals surface area contributed by atoms with E-state index in [2.05, 4.69) is 0 Å². The van der Waals surface area contributed by atoms with Crippen LogP contribution < -0.4 is 26.3 Å². The molecule has 0 N–H and O–H groups in total. The summed E-state index contributed by atoms with van der Waals surface area (Å²) in [5.41, 5.74) is -1.17. The maximum atomic E-state index is 12.0. The Morgan fingerprint density at radius 2 is 1.60 bits per heavy atom. The standard InChI is InChI=1S/C12H7IN2O5/c16-12-10(13-8-4-2-1-3-5-8)6-9(14(17)18)7-11(12)15(19)20/h1-7H. The summed E-state index contributed by atoms with van der Waals surface area (Å²) < 4.78 is 1.01. The molecular weight excluding hydrogens is 379 g/mol. The van der Waals surface area contributed by atoms with Crippen molar-refractivity contribution in [2.75, 3.05) is 0 Å². The van der Waals surface area contributed by atoms with Gasteiger partial charge in [0.25, 0.3) is 11.4 Å². The van der Waals surface area contributed by atoms with Gasteiger partial charge in [0.15, 0.2) is 7.14 Å². The SMILES string of the molecule is O=[N+]([O-])c1cc([I+]c2ccccc2)c([O-])c([N+](=O)[O-])c1. The third kappa shape index (κ3) is 3.02. The number of hydrogen-bond acceptors (Lipinski definition) is 5. The molecule has 0 aliphatic carbocycles. The molecule has 0 aliphatic heterocycles. The second-order valence-electron chi connectivity index (χ2n) is 3.68. The number of benzene rings is 2. The molecule has 0 saturated carbocycles. The highest BCUT2D eigenvalue weighted by molar-refractivity contribution is 5.51. The lowest BCUT2D eigenvalue weighted by atomic mass is 10.2. The normalized spacial score (nSPS) is 10.2. The van der Waals surface area contributed by atoms with Crippen LogP contribution in [0, 0.1) is 27.4 Å². The highest BCUT2D eigenvalue weighted by atomic mass is 127. The minimum absolute atomic E-state index is 0.149. The monoisotopic (exact) mass is 386 g/mol. The molecule has 0 atom stereocenters. The van der Waals surface area contributed by atoms with Crippen LogP contribution in [-0.4, -0.2) is 9.85 Å². The van der Waals surface area contributed by atoms with Crippen molar-refractivity contribution in [3.8, 4) is 5.75 Å². The quantitative estimate of drug-likeness (QED) is 0.369. The van der Waals surface area contributed by atoms with Crippen LogP contribution >= 0.6 is 0 Å². The Morgan fingerprint density at radius 3 is 2.15 bits per heavy atom. The zero-order valence-corrected chi connectivity index (χ0v) is 12.0. The highest BCUT2D eigenvalue weighted by Crippen LogP contribution is 2.27. The average Bonchev–Trinajstić information content (AvgIpc) is 2.41. The molecule has 0 bridgehead atoms. The smallest absolute Gasteiger partial charge is 0.357 e. The molecule has 7 nitrogen and oxygen atoms in total. The first-order valence-electron chi connectivity index (χ1n) is 5.32. The van der Waals surface area contributed by atoms with E-state index in [0.717, 1.165) is 9.64 Å². The summed E-state index contributed by atoms with van der Waals surface area (Å²) in [6.45, 7) is 0. The van der Waals surface area contributed by atoms with E-state index in [0.29, 0.717) is 6.07 Å². The summed E-state index contributed by atoms with van der Waals surface area (Å²) in [7, 11) is 0. The van der Waals surface area contributed by atoms with Gasteiger partial charge in [0.2, 0.25) is 0 Å². The number of non-ortho nitro benzene ring substituents is 1. The summed E-state index contributed by atoms with van der Waals surface area (Å²) in [6, 6.07) is 10.8. The molecule has 0 spiro atoms. The Balaban J connectivity index is 2.51. The van der Waals surface area contributed by atoms with Gasteiger partial charge in [-0.3, -0.25) is 20.2 Å². The highest BCUT2D eigenvalue weighted by Gasteiger charge is 2.26. The van der Waals surface area contributed by atoms with Crippen LogP contribution in [0.25, 0.3) is 0 Å². The van der Waals surface area contributed by atoms with Crippen LogP contribution in [0.4, 0.5) is 11.4 Å². The molecule has 0 saturated heterocycles. The van der Waals surface area contributed by atoms with Crippen molar-refractivity contribution < 1.29 is 36.2 Å². The van der Waals surface area contributed by atoms with E-state index in [1.165, 1.54) is 0 Å². The third-order valence-electron chi connectivity index (χ3n) is 2.36. The molecule has 0 aliphatic rings. The molecule has 8 heteroatoms. The predicted molar refractivity (Wildman–Crippen MR) is 63.0 cm³/mol. The Bertz CT molecular complexity index is 675. The maximum Gasteiger partial charge on any atom is 0.357 e. The van der Waals surface area contributed by atoms with Gasteiger partial charge in [0, 0.05) is 5.75 Å². The molecule has 0 fully saturated rings. The molecule has 0 heterocycles. The molecule has 0 radical (unpaired) electrons. The van der Waals surface area contributed by atoms with Gasteiger partial charge in [0.05, 0.1) is 22.0 Å². The predicted octanol–water partition coefficient (Wildman–Crippen LogP) is -1.29. The fourth-order valence-electron chi connectivity index (χ4n) is 1.47. The summed E-state index contributed by atoms with van der Waals surface area (Å²) in [6.07, 6.45) is 0. The second-order valence-corrected chi connectivity index (χ2v) is 6.63.